The molecule has 0 spiro atoms. The van der Waals surface area contributed by atoms with Gasteiger partial charge in [-0.15, -0.1) is 11.3 Å². The molecule has 1 N–H and O–H groups in total. The van der Waals surface area contributed by atoms with Crippen molar-refractivity contribution in [2.75, 3.05) is 26.2 Å². The number of nitrogens with zero attached hydrogens (tertiary/aromatic N) is 5. The molecular formula is C25H24F4N6O2S. The van der Waals surface area contributed by atoms with E-state index in [0.29, 0.717) is 47.4 Å². The van der Waals surface area contributed by atoms with E-state index in [-0.39, 0.29) is 10.4 Å². The van der Waals surface area contributed by atoms with E-state index in [0.717, 1.165) is 30.8 Å². The van der Waals surface area contributed by atoms with E-state index in [4.69, 9.17) is 0 Å². The molecule has 8 nitrogen and oxygen atoms in total. The fourth-order valence-electron chi connectivity index (χ4n) is 4.42. The van der Waals surface area contributed by atoms with Crippen LogP contribution in [0.4, 0.5) is 17.6 Å². The third kappa shape index (κ3) is 5.94. The van der Waals surface area contributed by atoms with Gasteiger partial charge in [-0.3, -0.25) is 9.59 Å². The SMILES string of the molecule is O=C(NCC(F)(F)F)c1cc(-c2cnn3cc(-c4ccn(CCCN5CCC(F)C5)c(=O)c4)cnc23)cs1. The third-order valence-electron chi connectivity index (χ3n) is 6.36. The summed E-state index contributed by atoms with van der Waals surface area (Å²) in [6.07, 6.45) is 2.73. The number of amides is 1. The quantitative estimate of drug-likeness (QED) is 0.337. The number of hydrogen-bond donors (Lipinski definition) is 1. The lowest BCUT2D eigenvalue weighted by Crippen LogP contribution is -2.33. The minimum absolute atomic E-state index is 0.146. The molecule has 5 heterocycles. The molecule has 0 aliphatic carbocycles. The van der Waals surface area contributed by atoms with Crippen LogP contribution in [0.25, 0.3) is 27.9 Å². The van der Waals surface area contributed by atoms with E-state index < -0.39 is 24.8 Å². The van der Waals surface area contributed by atoms with Crippen LogP contribution >= 0.6 is 11.3 Å². The molecule has 38 heavy (non-hydrogen) atoms. The summed E-state index contributed by atoms with van der Waals surface area (Å²) >= 11 is 1.03. The maximum absolute atomic E-state index is 13.3. The van der Waals surface area contributed by atoms with Crippen LogP contribution in [0, 0.1) is 0 Å². The molecule has 4 aromatic rings. The number of aryl methyl sites for hydroxylation is 1. The largest absolute Gasteiger partial charge is 0.405 e. The Balaban J connectivity index is 1.27. The summed E-state index contributed by atoms with van der Waals surface area (Å²) in [5.74, 6) is -0.801. The fourth-order valence-corrected chi connectivity index (χ4v) is 5.24. The normalized spacial score (nSPS) is 16.4. The second kappa shape index (κ2) is 10.7. The highest BCUT2D eigenvalue weighted by Gasteiger charge is 2.28. The van der Waals surface area contributed by atoms with Gasteiger partial charge in [-0.2, -0.15) is 18.3 Å². The molecule has 1 amide bonds. The molecule has 0 radical (unpaired) electrons. The van der Waals surface area contributed by atoms with E-state index in [2.05, 4.69) is 15.0 Å². The first-order valence-corrected chi connectivity index (χ1v) is 12.9. The molecule has 1 saturated heterocycles. The lowest BCUT2D eigenvalue weighted by molar-refractivity contribution is -0.123. The molecule has 0 saturated carbocycles. The summed E-state index contributed by atoms with van der Waals surface area (Å²) in [4.78, 5) is 31.4. The third-order valence-corrected chi connectivity index (χ3v) is 7.29. The Kier molecular flexibility index (Phi) is 7.30. The van der Waals surface area contributed by atoms with Crippen LogP contribution < -0.4 is 10.9 Å². The van der Waals surface area contributed by atoms with Crippen molar-refractivity contribution >= 4 is 22.9 Å². The number of alkyl halides is 4. The smallest absolute Gasteiger partial charge is 0.342 e. The van der Waals surface area contributed by atoms with Crippen LogP contribution in [-0.4, -0.2) is 68.5 Å². The molecule has 4 aromatic heterocycles. The summed E-state index contributed by atoms with van der Waals surface area (Å²) in [5, 5.41) is 7.84. The number of halogens is 4. The van der Waals surface area contributed by atoms with Crippen LogP contribution in [0.3, 0.4) is 0 Å². The van der Waals surface area contributed by atoms with Gasteiger partial charge in [-0.25, -0.2) is 13.9 Å². The second-order valence-corrected chi connectivity index (χ2v) is 10.1. The van der Waals surface area contributed by atoms with Crippen LogP contribution in [0.2, 0.25) is 0 Å². The lowest BCUT2D eigenvalue weighted by atomic mass is 10.1. The molecule has 13 heteroatoms. The van der Waals surface area contributed by atoms with Crippen LogP contribution in [0.1, 0.15) is 22.5 Å². The summed E-state index contributed by atoms with van der Waals surface area (Å²) in [6, 6.07) is 4.86. The van der Waals surface area contributed by atoms with Crippen molar-refractivity contribution in [3.63, 3.8) is 0 Å². The van der Waals surface area contributed by atoms with Crippen molar-refractivity contribution in [3.8, 4) is 22.3 Å². The number of pyridine rings is 1. The number of nitrogens with one attached hydrogen (secondary N) is 1. The molecule has 200 valence electrons. The van der Waals surface area contributed by atoms with E-state index in [1.165, 1.54) is 12.1 Å². The molecule has 0 bridgehead atoms. The molecule has 1 aliphatic heterocycles. The first kappa shape index (κ1) is 26.0. The number of carbonyl (C=O) groups is 1. The second-order valence-electron chi connectivity index (χ2n) is 9.15. The summed E-state index contributed by atoms with van der Waals surface area (Å²) in [7, 11) is 0. The minimum Gasteiger partial charge on any atom is -0.342 e. The topological polar surface area (TPSA) is 84.5 Å². The standard InChI is InChI=1S/C25H24F4N6O2S/c26-19-3-6-33(13-19)4-1-5-34-7-2-16(9-22(34)36)18-10-30-23-20(11-32-35(23)12-18)17-8-21(38-14-17)24(37)31-15-25(27,28)29/h2,7-12,14,19H,1,3-6,13,15H2,(H,31,37). The van der Waals surface area contributed by atoms with Gasteiger partial charge >= 0.3 is 6.18 Å². The van der Waals surface area contributed by atoms with Gasteiger partial charge in [0.15, 0.2) is 5.65 Å². The number of thiophene rings is 1. The minimum atomic E-state index is -4.49. The molecule has 1 fully saturated rings. The number of rotatable bonds is 8. The fraction of sp³-hybridized carbons (Fsp3) is 0.360. The Hall–Kier alpha value is -3.58. The number of aromatic nitrogens is 4. The number of likely N-dealkylation sites (tertiary alicyclic amines) is 1. The molecule has 0 aromatic carbocycles. The van der Waals surface area contributed by atoms with Gasteiger partial charge in [0.2, 0.25) is 0 Å². The molecule has 5 rings (SSSR count). The number of hydrogen-bond acceptors (Lipinski definition) is 6. The van der Waals surface area contributed by atoms with Crippen LogP contribution in [0.15, 0.2) is 53.2 Å². The summed E-state index contributed by atoms with van der Waals surface area (Å²) < 4.78 is 53.6. The van der Waals surface area contributed by atoms with Crippen molar-refractivity contribution in [2.45, 2.75) is 31.7 Å². The van der Waals surface area contributed by atoms with Gasteiger partial charge in [0.25, 0.3) is 11.5 Å². The predicted molar refractivity (Wildman–Crippen MR) is 135 cm³/mol. The van der Waals surface area contributed by atoms with E-state index in [1.807, 2.05) is 11.4 Å². The lowest BCUT2D eigenvalue weighted by Gasteiger charge is -2.14. The Labute approximate surface area is 218 Å². The Bertz CT molecular complexity index is 1510. The highest BCUT2D eigenvalue weighted by Crippen LogP contribution is 2.29. The predicted octanol–water partition coefficient (Wildman–Crippen LogP) is 4.01. The summed E-state index contributed by atoms with van der Waals surface area (Å²) in [5.41, 5.74) is 2.94. The highest BCUT2D eigenvalue weighted by molar-refractivity contribution is 7.12. The first-order chi connectivity index (χ1) is 18.2. The maximum atomic E-state index is 13.3. The Morgan fingerprint density at radius 1 is 1.16 bits per heavy atom. The monoisotopic (exact) mass is 548 g/mol. The van der Waals surface area contributed by atoms with Crippen molar-refractivity contribution in [2.24, 2.45) is 0 Å². The van der Waals surface area contributed by atoms with E-state index >= 15 is 0 Å². The van der Waals surface area contributed by atoms with Gasteiger partial charge in [-0.05, 0) is 48.0 Å². The summed E-state index contributed by atoms with van der Waals surface area (Å²) in [6.45, 7) is 1.11. The zero-order chi connectivity index (χ0) is 26.9. The Morgan fingerprint density at radius 2 is 2.00 bits per heavy atom. The Morgan fingerprint density at radius 3 is 2.74 bits per heavy atom. The average Bonchev–Trinajstić information content (AvgIpc) is 3.62. The molecule has 1 aliphatic rings. The van der Waals surface area contributed by atoms with Gasteiger partial charge in [0.05, 0.1) is 11.1 Å². The van der Waals surface area contributed by atoms with E-state index in [9.17, 15) is 27.2 Å². The van der Waals surface area contributed by atoms with Crippen molar-refractivity contribution < 1.29 is 22.4 Å². The number of fused-ring (bicyclic) bond motifs is 1. The van der Waals surface area contributed by atoms with Gasteiger partial charge < -0.3 is 14.8 Å². The first-order valence-electron chi connectivity index (χ1n) is 12.0. The zero-order valence-corrected chi connectivity index (χ0v) is 20.9. The van der Waals surface area contributed by atoms with Gasteiger partial charge in [0, 0.05) is 55.4 Å². The zero-order valence-electron chi connectivity index (χ0n) is 20.1. The van der Waals surface area contributed by atoms with Crippen LogP contribution in [0.5, 0.6) is 0 Å². The van der Waals surface area contributed by atoms with Crippen molar-refractivity contribution in [1.29, 1.82) is 0 Å². The van der Waals surface area contributed by atoms with E-state index in [1.54, 1.807) is 39.2 Å². The maximum Gasteiger partial charge on any atom is 0.405 e. The molecular weight excluding hydrogens is 524 g/mol. The number of carbonyl (C=O) groups excluding carboxylic acids is 1. The highest BCUT2D eigenvalue weighted by atomic mass is 32.1. The van der Waals surface area contributed by atoms with Crippen LogP contribution in [-0.2, 0) is 6.54 Å². The van der Waals surface area contributed by atoms with Crippen molar-refractivity contribution in [1.82, 2.24) is 29.4 Å². The van der Waals surface area contributed by atoms with Crippen molar-refractivity contribution in [3.05, 3.63) is 63.6 Å². The van der Waals surface area contributed by atoms with Gasteiger partial charge in [-0.1, -0.05) is 0 Å². The average molecular weight is 549 g/mol. The molecule has 1 atom stereocenters. The van der Waals surface area contributed by atoms with Gasteiger partial charge in [0.1, 0.15) is 12.7 Å². The molecule has 1 unspecified atom stereocenters.